The second kappa shape index (κ2) is 9.32. The van der Waals surface area contributed by atoms with Gasteiger partial charge in [0, 0.05) is 13.1 Å². The lowest BCUT2D eigenvalue weighted by molar-refractivity contribution is -0.134. The minimum atomic E-state index is -0.331. The molecule has 0 atom stereocenters. The van der Waals surface area contributed by atoms with Crippen LogP contribution in [0.15, 0.2) is 36.4 Å². The highest BCUT2D eigenvalue weighted by atomic mass is 16.5. The molecule has 2 amide bonds. The van der Waals surface area contributed by atoms with E-state index in [1.807, 2.05) is 43.3 Å². The number of amides is 2. The average molecular weight is 398 g/mol. The van der Waals surface area contributed by atoms with Crippen LogP contribution in [0.25, 0.3) is 0 Å². The van der Waals surface area contributed by atoms with Crippen LogP contribution in [0.4, 0.5) is 0 Å². The van der Waals surface area contributed by atoms with Crippen LogP contribution in [0.2, 0.25) is 0 Å². The van der Waals surface area contributed by atoms with Gasteiger partial charge in [-0.2, -0.15) is 0 Å². The molecule has 3 rings (SSSR count). The minimum Gasteiger partial charge on any atom is -0.493 e. The van der Waals surface area contributed by atoms with Gasteiger partial charge in [0.2, 0.25) is 5.91 Å². The van der Waals surface area contributed by atoms with Gasteiger partial charge in [0.25, 0.3) is 5.91 Å². The second-order valence-corrected chi connectivity index (χ2v) is 6.92. The molecule has 0 bridgehead atoms. The summed E-state index contributed by atoms with van der Waals surface area (Å²) in [5.74, 6) is 1.49. The van der Waals surface area contributed by atoms with E-state index in [2.05, 4.69) is 5.32 Å². The maximum atomic E-state index is 12.5. The normalized spacial score (nSPS) is 12.7. The Morgan fingerprint density at radius 1 is 1.03 bits per heavy atom. The number of nitrogens with one attached hydrogen (secondary N) is 1. The Hall–Kier alpha value is -3.22. The number of nitrogens with zero attached hydrogens (tertiary/aromatic N) is 1. The maximum Gasteiger partial charge on any atom is 0.258 e. The summed E-state index contributed by atoms with van der Waals surface area (Å²) in [6.45, 7) is 2.86. The molecule has 0 unspecified atom stereocenters. The van der Waals surface area contributed by atoms with E-state index in [4.69, 9.17) is 14.2 Å². The number of hydrogen-bond acceptors (Lipinski definition) is 5. The summed E-state index contributed by atoms with van der Waals surface area (Å²) in [6.07, 6.45) is 0.728. The van der Waals surface area contributed by atoms with Crippen molar-refractivity contribution in [3.05, 3.63) is 53.1 Å². The zero-order valence-electron chi connectivity index (χ0n) is 17.0. The van der Waals surface area contributed by atoms with Crippen LogP contribution in [0, 0.1) is 6.92 Å². The fraction of sp³-hybridized carbons (Fsp3) is 0.364. The molecule has 1 heterocycles. The van der Waals surface area contributed by atoms with Gasteiger partial charge in [0.15, 0.2) is 18.1 Å². The van der Waals surface area contributed by atoms with E-state index in [1.54, 1.807) is 19.1 Å². The molecule has 0 spiro atoms. The first-order chi connectivity index (χ1) is 14.0. The number of carbonyl (C=O) groups excluding carboxylic acids is 2. The summed E-state index contributed by atoms with van der Waals surface area (Å²) in [5, 5.41) is 2.63. The van der Waals surface area contributed by atoms with E-state index in [-0.39, 0.29) is 25.0 Å². The molecular weight excluding hydrogens is 372 g/mol. The van der Waals surface area contributed by atoms with Crippen LogP contribution in [-0.2, 0) is 22.6 Å². The van der Waals surface area contributed by atoms with Crippen LogP contribution in [0.1, 0.15) is 16.7 Å². The Morgan fingerprint density at radius 3 is 2.34 bits per heavy atom. The number of methoxy groups -OCH3 is 2. The lowest BCUT2D eigenvalue weighted by Gasteiger charge is -2.29. The SMILES string of the molecule is COc1cc2c(cc1OC)CN(C(=O)CNC(=O)COc1ccc(C)cc1)CC2. The molecule has 29 heavy (non-hydrogen) atoms. The zero-order valence-corrected chi connectivity index (χ0v) is 17.0. The Balaban J connectivity index is 1.50. The Kier molecular flexibility index (Phi) is 6.59. The monoisotopic (exact) mass is 398 g/mol. The van der Waals surface area contributed by atoms with Gasteiger partial charge in [-0.15, -0.1) is 0 Å². The molecule has 0 aliphatic carbocycles. The van der Waals surface area contributed by atoms with Gasteiger partial charge in [-0.3, -0.25) is 9.59 Å². The van der Waals surface area contributed by atoms with Gasteiger partial charge in [-0.1, -0.05) is 17.7 Å². The van der Waals surface area contributed by atoms with E-state index in [9.17, 15) is 9.59 Å². The smallest absolute Gasteiger partial charge is 0.258 e. The molecular formula is C22H26N2O5. The standard InChI is InChI=1S/C22H26N2O5/c1-15-4-6-18(7-5-15)29-14-21(25)23-12-22(26)24-9-8-16-10-19(27-2)20(28-3)11-17(16)13-24/h4-7,10-11H,8-9,12-14H2,1-3H3,(H,23,25). The summed E-state index contributed by atoms with van der Waals surface area (Å²) < 4.78 is 16.1. The third kappa shape index (κ3) is 5.19. The van der Waals surface area contributed by atoms with Crippen LogP contribution < -0.4 is 19.5 Å². The molecule has 154 valence electrons. The molecule has 0 saturated heterocycles. The van der Waals surface area contributed by atoms with E-state index >= 15 is 0 Å². The summed E-state index contributed by atoms with van der Waals surface area (Å²) in [7, 11) is 3.19. The van der Waals surface area contributed by atoms with Gasteiger partial charge in [0.05, 0.1) is 20.8 Å². The molecule has 1 aliphatic heterocycles. The van der Waals surface area contributed by atoms with Crippen LogP contribution in [0.3, 0.4) is 0 Å². The molecule has 0 saturated carbocycles. The van der Waals surface area contributed by atoms with Crippen molar-refractivity contribution in [1.82, 2.24) is 10.2 Å². The van der Waals surface area contributed by atoms with E-state index in [0.29, 0.717) is 30.3 Å². The molecule has 0 radical (unpaired) electrons. The van der Waals surface area contributed by atoms with Crippen molar-refractivity contribution >= 4 is 11.8 Å². The Morgan fingerprint density at radius 2 is 1.69 bits per heavy atom. The Labute approximate surface area is 170 Å². The predicted molar refractivity (Wildman–Crippen MR) is 108 cm³/mol. The van der Waals surface area contributed by atoms with Gasteiger partial charge in [0.1, 0.15) is 5.75 Å². The topological polar surface area (TPSA) is 77.1 Å². The maximum absolute atomic E-state index is 12.5. The fourth-order valence-electron chi connectivity index (χ4n) is 3.22. The lowest BCUT2D eigenvalue weighted by Crippen LogP contribution is -2.43. The molecule has 1 N–H and O–H groups in total. The van der Waals surface area contributed by atoms with Crippen molar-refractivity contribution in [2.45, 2.75) is 19.9 Å². The average Bonchev–Trinajstić information content (AvgIpc) is 2.75. The fourth-order valence-corrected chi connectivity index (χ4v) is 3.22. The van der Waals surface area contributed by atoms with Crippen LogP contribution in [0.5, 0.6) is 17.2 Å². The molecule has 2 aromatic rings. The summed E-state index contributed by atoms with van der Waals surface area (Å²) in [6, 6.07) is 11.3. The van der Waals surface area contributed by atoms with E-state index in [0.717, 1.165) is 23.1 Å². The molecule has 2 aromatic carbocycles. The van der Waals surface area contributed by atoms with Crippen molar-refractivity contribution in [1.29, 1.82) is 0 Å². The number of fused-ring (bicyclic) bond motifs is 1. The van der Waals surface area contributed by atoms with Crippen molar-refractivity contribution in [3.63, 3.8) is 0 Å². The number of carbonyl (C=O) groups is 2. The van der Waals surface area contributed by atoms with Crippen molar-refractivity contribution in [3.8, 4) is 17.2 Å². The van der Waals surface area contributed by atoms with Crippen molar-refractivity contribution < 1.29 is 23.8 Å². The highest BCUT2D eigenvalue weighted by molar-refractivity contribution is 5.85. The summed E-state index contributed by atoms with van der Waals surface area (Å²) >= 11 is 0. The Bertz CT molecular complexity index is 880. The van der Waals surface area contributed by atoms with Gasteiger partial charge >= 0.3 is 0 Å². The van der Waals surface area contributed by atoms with Crippen LogP contribution in [-0.4, -0.2) is 50.6 Å². The minimum absolute atomic E-state index is 0.0568. The first kappa shape index (κ1) is 20.5. The first-order valence-corrected chi connectivity index (χ1v) is 9.48. The quantitative estimate of drug-likeness (QED) is 0.773. The van der Waals surface area contributed by atoms with E-state index < -0.39 is 0 Å². The second-order valence-electron chi connectivity index (χ2n) is 6.92. The molecule has 0 aromatic heterocycles. The highest BCUT2D eigenvalue weighted by Gasteiger charge is 2.23. The zero-order chi connectivity index (χ0) is 20.8. The molecule has 0 fully saturated rings. The predicted octanol–water partition coefficient (Wildman–Crippen LogP) is 2.09. The number of rotatable bonds is 7. The third-order valence-corrected chi connectivity index (χ3v) is 4.90. The van der Waals surface area contributed by atoms with Gasteiger partial charge < -0.3 is 24.4 Å². The number of aryl methyl sites for hydroxylation is 1. The number of hydrogen-bond donors (Lipinski definition) is 1. The number of benzene rings is 2. The van der Waals surface area contributed by atoms with E-state index in [1.165, 1.54) is 0 Å². The molecule has 1 aliphatic rings. The van der Waals surface area contributed by atoms with Gasteiger partial charge in [-0.25, -0.2) is 0 Å². The van der Waals surface area contributed by atoms with Crippen molar-refractivity contribution in [2.75, 3.05) is 33.9 Å². The third-order valence-electron chi connectivity index (χ3n) is 4.90. The van der Waals surface area contributed by atoms with Gasteiger partial charge in [-0.05, 0) is 48.7 Å². The first-order valence-electron chi connectivity index (χ1n) is 9.48. The van der Waals surface area contributed by atoms with Crippen molar-refractivity contribution in [2.24, 2.45) is 0 Å². The summed E-state index contributed by atoms with van der Waals surface area (Å²) in [4.78, 5) is 26.2. The molecule has 7 heteroatoms. The summed E-state index contributed by atoms with van der Waals surface area (Å²) in [5.41, 5.74) is 3.28. The molecule has 7 nitrogen and oxygen atoms in total. The van der Waals surface area contributed by atoms with Crippen LogP contribution >= 0.6 is 0 Å². The highest BCUT2D eigenvalue weighted by Crippen LogP contribution is 2.33. The lowest BCUT2D eigenvalue weighted by atomic mass is 9.98. The number of ether oxygens (including phenoxy) is 3. The largest absolute Gasteiger partial charge is 0.493 e.